The average molecular weight is 574 g/mol. The first-order valence-corrected chi connectivity index (χ1v) is 14.8. The molecule has 1 spiro atoms. The van der Waals surface area contributed by atoms with Gasteiger partial charge in [-0.25, -0.2) is 9.48 Å². The molecule has 0 unspecified atom stereocenters. The third-order valence-electron chi connectivity index (χ3n) is 9.23. The number of aromatic nitrogens is 4. The molecule has 0 saturated carbocycles. The molecule has 0 bridgehead atoms. The number of carboxylic acids is 1. The van der Waals surface area contributed by atoms with Gasteiger partial charge in [-0.15, -0.1) is 16.9 Å². The Bertz CT molecular complexity index is 1230. The van der Waals surface area contributed by atoms with Gasteiger partial charge >= 0.3 is 5.97 Å². The molecule has 6 rings (SSSR count). The summed E-state index contributed by atoms with van der Waals surface area (Å²) in [5.41, 5.74) is 0.260. The highest BCUT2D eigenvalue weighted by Crippen LogP contribution is 2.52. The molecule has 1 aromatic heterocycles. The smallest absolute Gasteiger partial charge is 0.353 e. The SMILES string of the molecule is C[C@@H](NC(=O)Cn1cnnn1)[C@H]1C(=O)N2C(C(=O)O)=C(S[C@@H]3CN[C@H](C(=O)N4CCC5(CCN5)CC4)C3)[C@H](C)[C@H]12. The van der Waals surface area contributed by atoms with Crippen molar-refractivity contribution in [1.82, 2.24) is 46.0 Å². The number of fused-ring (bicyclic) bond motifs is 1. The normalized spacial score (nSPS) is 31.6. The number of aliphatic carboxylic acids is 1. The highest BCUT2D eigenvalue weighted by molar-refractivity contribution is 8.03. The minimum atomic E-state index is -1.13. The third-order valence-corrected chi connectivity index (χ3v) is 10.7. The van der Waals surface area contributed by atoms with Gasteiger partial charge in [0.15, 0.2) is 0 Å². The van der Waals surface area contributed by atoms with Crippen molar-refractivity contribution in [3.63, 3.8) is 0 Å². The highest BCUT2D eigenvalue weighted by Gasteiger charge is 2.60. The van der Waals surface area contributed by atoms with E-state index in [1.165, 1.54) is 34.1 Å². The number of carboxylic acid groups (broad SMARTS) is 1. The van der Waals surface area contributed by atoms with E-state index < -0.39 is 17.9 Å². The molecule has 14 nitrogen and oxygen atoms in total. The predicted octanol–water partition coefficient (Wildman–Crippen LogP) is -1.23. The van der Waals surface area contributed by atoms with Gasteiger partial charge in [0.25, 0.3) is 0 Å². The van der Waals surface area contributed by atoms with E-state index in [-0.39, 0.29) is 58.8 Å². The molecule has 0 aromatic carbocycles. The van der Waals surface area contributed by atoms with Crippen LogP contribution in [0, 0.1) is 11.8 Å². The Morgan fingerprint density at radius 3 is 2.65 bits per heavy atom. The Morgan fingerprint density at radius 1 is 1.27 bits per heavy atom. The van der Waals surface area contributed by atoms with Crippen LogP contribution in [0.15, 0.2) is 16.9 Å². The van der Waals surface area contributed by atoms with Gasteiger partial charge in [-0.05, 0) is 49.6 Å². The summed E-state index contributed by atoms with van der Waals surface area (Å²) in [6, 6.07) is -1.13. The molecule has 5 aliphatic heterocycles. The topological polar surface area (TPSA) is 175 Å². The van der Waals surface area contributed by atoms with Crippen molar-refractivity contribution in [2.75, 3.05) is 26.2 Å². The second kappa shape index (κ2) is 10.4. The minimum absolute atomic E-state index is 0.0193. The average Bonchev–Trinajstić information content (AvgIpc) is 3.63. The summed E-state index contributed by atoms with van der Waals surface area (Å²) in [7, 11) is 0. The summed E-state index contributed by atoms with van der Waals surface area (Å²) in [6.07, 6.45) is 5.09. The van der Waals surface area contributed by atoms with E-state index in [4.69, 9.17) is 0 Å². The lowest BCUT2D eigenvalue weighted by atomic mass is 9.78. The van der Waals surface area contributed by atoms with Crippen LogP contribution in [0.4, 0.5) is 0 Å². The summed E-state index contributed by atoms with van der Waals surface area (Å²) >= 11 is 1.47. The number of piperidine rings is 1. The van der Waals surface area contributed by atoms with Gasteiger partial charge in [0, 0.05) is 47.3 Å². The molecule has 0 aliphatic carbocycles. The number of thioether (sulfide) groups is 1. The standard InChI is InChI=1S/C25H35N9O5S/c1-13-19-18(14(2)29-17(35)11-33-12-28-30-31-33)23(37)34(19)20(24(38)39)21(13)40-15-9-16(26-10-15)22(36)32-7-4-25(5-8-32)3-6-27-25/h12-16,18-19,26-27H,3-11H2,1-2H3,(H,29,35)(H,38,39)/t13-,14-,15+,16+,18-,19-/m1/s1. The summed E-state index contributed by atoms with van der Waals surface area (Å²) in [4.78, 5) is 55.2. The van der Waals surface area contributed by atoms with Crippen molar-refractivity contribution in [2.45, 2.75) is 75.0 Å². The van der Waals surface area contributed by atoms with Crippen LogP contribution in [-0.2, 0) is 25.7 Å². The Labute approximate surface area is 235 Å². The number of carbonyl (C=O) groups is 4. The van der Waals surface area contributed by atoms with Gasteiger partial charge in [0.1, 0.15) is 18.6 Å². The van der Waals surface area contributed by atoms with E-state index in [1.54, 1.807) is 6.92 Å². The Hall–Kier alpha value is -3.04. The molecule has 216 valence electrons. The van der Waals surface area contributed by atoms with Crippen LogP contribution >= 0.6 is 11.8 Å². The number of hydrogen-bond acceptors (Lipinski definition) is 10. The van der Waals surface area contributed by atoms with E-state index >= 15 is 0 Å². The maximum Gasteiger partial charge on any atom is 0.353 e. The van der Waals surface area contributed by atoms with Gasteiger partial charge < -0.3 is 30.9 Å². The molecule has 6 atom stereocenters. The second-order valence-corrected chi connectivity index (χ2v) is 13.0. The maximum absolute atomic E-state index is 13.2. The molecule has 4 N–H and O–H groups in total. The van der Waals surface area contributed by atoms with Gasteiger partial charge in [-0.1, -0.05) is 6.92 Å². The number of β-lactam (4-membered cyclic amide) rings is 1. The lowest BCUT2D eigenvalue weighted by Gasteiger charge is -2.49. The fraction of sp³-hybridized carbons (Fsp3) is 0.720. The molecule has 40 heavy (non-hydrogen) atoms. The predicted molar refractivity (Wildman–Crippen MR) is 142 cm³/mol. The van der Waals surface area contributed by atoms with Crippen LogP contribution in [-0.4, -0.2) is 114 Å². The van der Waals surface area contributed by atoms with Gasteiger partial charge in [-0.2, -0.15) is 0 Å². The van der Waals surface area contributed by atoms with Crippen LogP contribution in [0.5, 0.6) is 0 Å². The molecule has 4 saturated heterocycles. The van der Waals surface area contributed by atoms with Gasteiger partial charge in [0.2, 0.25) is 17.7 Å². The number of amides is 3. The number of tetrazole rings is 1. The van der Waals surface area contributed by atoms with E-state index in [9.17, 15) is 24.3 Å². The fourth-order valence-corrected chi connectivity index (χ4v) is 8.41. The Morgan fingerprint density at radius 2 is 2.02 bits per heavy atom. The third kappa shape index (κ3) is 4.67. The lowest BCUT2D eigenvalue weighted by Crippen LogP contribution is -2.66. The molecule has 15 heteroatoms. The van der Waals surface area contributed by atoms with Gasteiger partial charge in [-0.3, -0.25) is 14.4 Å². The van der Waals surface area contributed by atoms with Crippen molar-refractivity contribution in [2.24, 2.45) is 11.8 Å². The number of carbonyl (C=O) groups excluding carboxylic acids is 3. The summed E-state index contributed by atoms with van der Waals surface area (Å²) in [6.45, 7) is 6.80. The van der Waals surface area contributed by atoms with Crippen LogP contribution in [0.2, 0.25) is 0 Å². The molecular formula is C25H35N9O5S. The largest absolute Gasteiger partial charge is 0.477 e. The number of nitrogens with zero attached hydrogens (tertiary/aromatic N) is 6. The summed E-state index contributed by atoms with van der Waals surface area (Å²) in [5, 5.41) is 30.5. The van der Waals surface area contributed by atoms with Crippen LogP contribution in [0.25, 0.3) is 0 Å². The van der Waals surface area contributed by atoms with Crippen molar-refractivity contribution < 1.29 is 24.3 Å². The Balaban J connectivity index is 1.07. The summed E-state index contributed by atoms with van der Waals surface area (Å²) < 4.78 is 1.29. The highest BCUT2D eigenvalue weighted by atomic mass is 32.2. The van der Waals surface area contributed by atoms with Gasteiger partial charge in [0.05, 0.1) is 18.0 Å². The first kappa shape index (κ1) is 27.1. The molecule has 0 radical (unpaired) electrons. The van der Waals surface area contributed by atoms with E-state index in [0.717, 1.165) is 32.5 Å². The number of rotatable bonds is 8. The van der Waals surface area contributed by atoms with Crippen molar-refractivity contribution in [3.05, 3.63) is 16.9 Å². The lowest BCUT2D eigenvalue weighted by molar-refractivity contribution is -0.158. The van der Waals surface area contributed by atoms with Crippen LogP contribution in [0.1, 0.15) is 39.5 Å². The summed E-state index contributed by atoms with van der Waals surface area (Å²) in [5.74, 6) is -2.40. The molecule has 4 fully saturated rings. The zero-order valence-electron chi connectivity index (χ0n) is 22.6. The molecule has 3 amide bonds. The zero-order valence-corrected chi connectivity index (χ0v) is 23.4. The monoisotopic (exact) mass is 573 g/mol. The van der Waals surface area contributed by atoms with E-state index in [0.29, 0.717) is 17.9 Å². The first-order valence-electron chi connectivity index (χ1n) is 13.9. The number of nitrogens with one attached hydrogen (secondary N) is 3. The van der Waals surface area contributed by atoms with Crippen LogP contribution < -0.4 is 16.0 Å². The Kier molecular flexibility index (Phi) is 7.07. The quantitative estimate of drug-likeness (QED) is 0.274. The van der Waals surface area contributed by atoms with Crippen molar-refractivity contribution in [1.29, 1.82) is 0 Å². The van der Waals surface area contributed by atoms with Crippen molar-refractivity contribution >= 4 is 35.5 Å². The van der Waals surface area contributed by atoms with E-state index in [2.05, 4.69) is 31.5 Å². The zero-order chi connectivity index (χ0) is 28.2. The molecular weight excluding hydrogens is 538 g/mol. The number of hydrogen-bond donors (Lipinski definition) is 4. The maximum atomic E-state index is 13.2. The molecule has 1 aromatic rings. The van der Waals surface area contributed by atoms with E-state index in [1.807, 2.05) is 11.8 Å². The fourth-order valence-electron chi connectivity index (χ4n) is 6.93. The molecule has 5 aliphatic rings. The van der Waals surface area contributed by atoms with Crippen LogP contribution in [0.3, 0.4) is 0 Å². The molecule has 6 heterocycles. The van der Waals surface area contributed by atoms with Crippen molar-refractivity contribution in [3.8, 4) is 0 Å². The first-order chi connectivity index (χ1) is 19.2. The number of likely N-dealkylation sites (tertiary alicyclic amines) is 1. The minimum Gasteiger partial charge on any atom is -0.477 e. The second-order valence-electron chi connectivity index (χ2n) is 11.6.